The van der Waals surface area contributed by atoms with E-state index in [1.54, 1.807) is 27.3 Å². The van der Waals surface area contributed by atoms with Crippen LogP contribution in [0.4, 0.5) is 4.39 Å². The van der Waals surface area contributed by atoms with Crippen LogP contribution in [0, 0.1) is 24.1 Å². The summed E-state index contributed by atoms with van der Waals surface area (Å²) in [6.45, 7) is 6.39. The maximum Gasteiger partial charge on any atom is 0.243 e. The molecule has 0 unspecified atom stereocenters. The summed E-state index contributed by atoms with van der Waals surface area (Å²) in [5.41, 5.74) is 4.22. The average Bonchev–Trinajstić information content (AvgIpc) is 3.31. The van der Waals surface area contributed by atoms with Gasteiger partial charge in [-0.15, -0.1) is 0 Å². The molecule has 1 fully saturated rings. The summed E-state index contributed by atoms with van der Waals surface area (Å²) in [6, 6.07) is 18.4. The Balaban J connectivity index is 1.50. The molecule has 37 heavy (non-hydrogen) atoms. The molecule has 7 nitrogen and oxygen atoms in total. The van der Waals surface area contributed by atoms with E-state index in [1.165, 1.54) is 36.4 Å². The van der Waals surface area contributed by atoms with Crippen LogP contribution in [-0.4, -0.2) is 53.6 Å². The molecule has 1 aliphatic rings. The van der Waals surface area contributed by atoms with E-state index in [4.69, 9.17) is 5.26 Å². The quantitative estimate of drug-likeness (QED) is 0.367. The fraction of sp³-hybridized carbons (Fsp3) is 0.286. The van der Waals surface area contributed by atoms with E-state index in [2.05, 4.69) is 29.1 Å². The molecule has 3 aromatic carbocycles. The first-order valence-electron chi connectivity index (χ1n) is 12.3. The van der Waals surface area contributed by atoms with Gasteiger partial charge >= 0.3 is 0 Å². The number of nitrogens with zero attached hydrogens (tertiary/aromatic N) is 5. The first kappa shape index (κ1) is 25.1. The van der Waals surface area contributed by atoms with Crippen molar-refractivity contribution in [2.24, 2.45) is 0 Å². The average molecular weight is 518 g/mol. The molecule has 1 saturated heterocycles. The number of piperazine rings is 1. The lowest BCUT2D eigenvalue weighted by Gasteiger charge is -2.41. The molecule has 0 spiro atoms. The molecule has 0 N–H and O–H groups in total. The zero-order chi connectivity index (χ0) is 26.2. The molecule has 1 aliphatic heterocycles. The highest BCUT2D eigenvalue weighted by Gasteiger charge is 2.35. The third kappa shape index (κ3) is 4.76. The highest BCUT2D eigenvalue weighted by molar-refractivity contribution is 7.89. The summed E-state index contributed by atoms with van der Waals surface area (Å²) >= 11 is 0. The Morgan fingerprint density at radius 1 is 1.08 bits per heavy atom. The first-order chi connectivity index (χ1) is 17.8. The minimum atomic E-state index is -3.71. The number of rotatable bonds is 6. The van der Waals surface area contributed by atoms with Crippen LogP contribution in [-0.2, 0) is 10.0 Å². The second-order valence-electron chi connectivity index (χ2n) is 9.35. The molecular weight excluding hydrogens is 489 g/mol. The van der Waals surface area contributed by atoms with Gasteiger partial charge in [0.15, 0.2) is 0 Å². The maximum atomic E-state index is 13.5. The molecule has 190 valence electrons. The van der Waals surface area contributed by atoms with Gasteiger partial charge in [-0.05, 0) is 91.7 Å². The Hall–Kier alpha value is -3.58. The zero-order valence-corrected chi connectivity index (χ0v) is 21.6. The van der Waals surface area contributed by atoms with Crippen LogP contribution in [0.1, 0.15) is 36.1 Å². The van der Waals surface area contributed by atoms with Crippen molar-refractivity contribution in [2.45, 2.75) is 31.2 Å². The second-order valence-corrected chi connectivity index (χ2v) is 11.3. The normalized spacial score (nSPS) is 17.2. The topological polar surface area (TPSA) is 82.2 Å². The summed E-state index contributed by atoms with van der Waals surface area (Å²) in [7, 11) is -3.71. The standard InChI is InChI=1S/C28H28FN5O2S/c1-3-12-32-13-14-33(37(35,36)25-10-4-21(17-30)5-11-25)19-28(32)26-16-22-18-31-34(27(22)15-20(26)2)24-8-6-23(29)7-9-24/h4-11,15-16,18,28H,3,12-14,19H2,1-2H3/t28-/m0/s1. The van der Waals surface area contributed by atoms with E-state index in [1.807, 2.05) is 13.0 Å². The van der Waals surface area contributed by atoms with Crippen molar-refractivity contribution in [3.63, 3.8) is 0 Å². The Morgan fingerprint density at radius 3 is 2.49 bits per heavy atom. The second kappa shape index (κ2) is 10.1. The fourth-order valence-electron chi connectivity index (χ4n) is 5.06. The Morgan fingerprint density at radius 2 is 1.81 bits per heavy atom. The number of sulfonamides is 1. The summed E-state index contributed by atoms with van der Waals surface area (Å²) in [5.74, 6) is -0.299. The lowest BCUT2D eigenvalue weighted by molar-refractivity contribution is 0.118. The third-order valence-corrected chi connectivity index (χ3v) is 8.85. The number of hydrogen-bond donors (Lipinski definition) is 0. The van der Waals surface area contributed by atoms with E-state index in [-0.39, 0.29) is 16.8 Å². The molecular formula is C28H28FN5O2S. The molecule has 1 aromatic heterocycles. The van der Waals surface area contributed by atoms with E-state index in [9.17, 15) is 12.8 Å². The first-order valence-corrected chi connectivity index (χ1v) is 13.7. The third-order valence-electron chi connectivity index (χ3n) is 6.97. The van der Waals surface area contributed by atoms with Crippen molar-refractivity contribution in [2.75, 3.05) is 26.2 Å². The predicted octanol–water partition coefficient (Wildman–Crippen LogP) is 4.80. The number of benzene rings is 3. The van der Waals surface area contributed by atoms with Crippen molar-refractivity contribution < 1.29 is 12.8 Å². The number of aryl methyl sites for hydroxylation is 1. The van der Waals surface area contributed by atoms with Crippen LogP contribution >= 0.6 is 0 Å². The van der Waals surface area contributed by atoms with Crippen LogP contribution in [0.5, 0.6) is 0 Å². The Labute approximate surface area is 216 Å². The van der Waals surface area contributed by atoms with Gasteiger partial charge in [0.25, 0.3) is 0 Å². The van der Waals surface area contributed by atoms with Gasteiger partial charge in [-0.3, -0.25) is 4.90 Å². The SMILES string of the molecule is CCCN1CCN(S(=O)(=O)c2ccc(C#N)cc2)C[C@H]1c1cc2cnn(-c3ccc(F)cc3)c2cc1C. The number of fused-ring (bicyclic) bond motifs is 1. The highest BCUT2D eigenvalue weighted by Crippen LogP contribution is 2.33. The number of nitriles is 1. The van der Waals surface area contributed by atoms with Gasteiger partial charge in [-0.25, -0.2) is 17.5 Å². The van der Waals surface area contributed by atoms with Crippen LogP contribution < -0.4 is 0 Å². The predicted molar refractivity (Wildman–Crippen MR) is 140 cm³/mol. The van der Waals surface area contributed by atoms with Gasteiger partial charge in [0, 0.05) is 31.1 Å². The molecule has 0 aliphatic carbocycles. The largest absolute Gasteiger partial charge is 0.294 e. The van der Waals surface area contributed by atoms with Crippen LogP contribution in [0.15, 0.2) is 71.8 Å². The van der Waals surface area contributed by atoms with Gasteiger partial charge in [0.05, 0.1) is 33.9 Å². The molecule has 1 atom stereocenters. The number of halogens is 1. The minimum absolute atomic E-state index is 0.111. The van der Waals surface area contributed by atoms with Crippen LogP contribution in [0.3, 0.4) is 0 Å². The lowest BCUT2D eigenvalue weighted by atomic mass is 9.96. The van der Waals surface area contributed by atoms with Gasteiger partial charge < -0.3 is 0 Å². The summed E-state index contributed by atoms with van der Waals surface area (Å²) in [5, 5.41) is 14.5. The van der Waals surface area contributed by atoms with E-state index >= 15 is 0 Å². The van der Waals surface area contributed by atoms with Crippen molar-refractivity contribution in [1.29, 1.82) is 5.26 Å². The van der Waals surface area contributed by atoms with Crippen LogP contribution in [0.25, 0.3) is 16.6 Å². The van der Waals surface area contributed by atoms with Gasteiger partial charge in [-0.1, -0.05) is 6.92 Å². The van der Waals surface area contributed by atoms with Crippen LogP contribution in [0.2, 0.25) is 0 Å². The molecule has 0 bridgehead atoms. The zero-order valence-electron chi connectivity index (χ0n) is 20.8. The van der Waals surface area contributed by atoms with Crippen molar-refractivity contribution >= 4 is 20.9 Å². The maximum absolute atomic E-state index is 13.5. The smallest absolute Gasteiger partial charge is 0.243 e. The monoisotopic (exact) mass is 517 g/mol. The summed E-state index contributed by atoms with van der Waals surface area (Å²) in [4.78, 5) is 2.55. The van der Waals surface area contributed by atoms with E-state index in [0.29, 0.717) is 25.2 Å². The van der Waals surface area contributed by atoms with Crippen molar-refractivity contribution in [3.05, 3.63) is 89.4 Å². The van der Waals surface area contributed by atoms with E-state index in [0.717, 1.165) is 40.7 Å². The van der Waals surface area contributed by atoms with Gasteiger partial charge in [0.1, 0.15) is 5.82 Å². The molecule has 0 radical (unpaired) electrons. The molecule has 9 heteroatoms. The summed E-state index contributed by atoms with van der Waals surface area (Å²) in [6.07, 6.45) is 2.75. The highest BCUT2D eigenvalue weighted by atomic mass is 32.2. The van der Waals surface area contributed by atoms with Crippen molar-refractivity contribution in [3.8, 4) is 11.8 Å². The number of aromatic nitrogens is 2. The molecule has 2 heterocycles. The van der Waals surface area contributed by atoms with Gasteiger partial charge in [0.2, 0.25) is 10.0 Å². The molecule has 4 aromatic rings. The minimum Gasteiger partial charge on any atom is -0.294 e. The Bertz CT molecular complexity index is 1570. The lowest BCUT2D eigenvalue weighted by Crippen LogP contribution is -2.50. The van der Waals surface area contributed by atoms with Crippen molar-refractivity contribution in [1.82, 2.24) is 19.0 Å². The fourth-order valence-corrected chi connectivity index (χ4v) is 6.49. The molecule has 0 saturated carbocycles. The summed E-state index contributed by atoms with van der Waals surface area (Å²) < 4.78 is 43.8. The Kier molecular flexibility index (Phi) is 6.82. The molecule has 0 amide bonds. The molecule has 5 rings (SSSR count). The number of hydrogen-bond acceptors (Lipinski definition) is 5. The van der Waals surface area contributed by atoms with Gasteiger partial charge in [-0.2, -0.15) is 14.7 Å². The van der Waals surface area contributed by atoms with E-state index < -0.39 is 10.0 Å².